The minimum absolute atomic E-state index is 0.144. The standard InChI is InChI=1S/C23H25N3O6/c1-29-18-7-13-5-6-16(14(13)8-19(18)30-2)25-22(27)11-26-12-24-17-10-21(32-4)20(31-3)9-15(17)23(26)28/h7-10,12,16H,5-6,11H2,1-4H3,(H,25,27)/t16-/m1/s1. The summed E-state index contributed by atoms with van der Waals surface area (Å²) in [6.07, 6.45) is 2.95. The second-order valence-electron chi connectivity index (χ2n) is 7.47. The van der Waals surface area contributed by atoms with Gasteiger partial charge < -0.3 is 24.3 Å². The summed E-state index contributed by atoms with van der Waals surface area (Å²) < 4.78 is 22.6. The summed E-state index contributed by atoms with van der Waals surface area (Å²) >= 11 is 0. The van der Waals surface area contributed by atoms with Crippen LogP contribution in [0, 0.1) is 0 Å². The van der Waals surface area contributed by atoms with E-state index in [-0.39, 0.29) is 24.1 Å². The molecular formula is C23H25N3O6. The van der Waals surface area contributed by atoms with E-state index in [4.69, 9.17) is 18.9 Å². The van der Waals surface area contributed by atoms with Gasteiger partial charge in [0.25, 0.3) is 5.56 Å². The number of carbonyl (C=O) groups excluding carboxylic acids is 1. The minimum Gasteiger partial charge on any atom is -0.493 e. The number of amides is 1. The van der Waals surface area contributed by atoms with Crippen molar-refractivity contribution in [3.63, 3.8) is 0 Å². The Morgan fingerprint density at radius 2 is 1.62 bits per heavy atom. The van der Waals surface area contributed by atoms with E-state index in [1.54, 1.807) is 26.4 Å². The average Bonchev–Trinajstić information content (AvgIpc) is 3.20. The van der Waals surface area contributed by atoms with Gasteiger partial charge in [0.2, 0.25) is 5.91 Å². The van der Waals surface area contributed by atoms with Crippen LogP contribution in [0.2, 0.25) is 0 Å². The molecule has 1 aliphatic carbocycles. The molecule has 1 atom stereocenters. The lowest BCUT2D eigenvalue weighted by Crippen LogP contribution is -2.34. The molecule has 1 amide bonds. The van der Waals surface area contributed by atoms with E-state index in [9.17, 15) is 9.59 Å². The monoisotopic (exact) mass is 439 g/mol. The van der Waals surface area contributed by atoms with Gasteiger partial charge in [0, 0.05) is 6.07 Å². The Morgan fingerprint density at radius 3 is 2.31 bits per heavy atom. The van der Waals surface area contributed by atoms with Gasteiger partial charge in [0.15, 0.2) is 23.0 Å². The van der Waals surface area contributed by atoms with Gasteiger partial charge in [0.1, 0.15) is 6.54 Å². The second kappa shape index (κ2) is 8.78. The fourth-order valence-electron chi connectivity index (χ4n) is 4.08. The highest BCUT2D eigenvalue weighted by atomic mass is 16.5. The normalized spacial score (nSPS) is 14.7. The molecule has 2 aromatic carbocycles. The third-order valence-corrected chi connectivity index (χ3v) is 5.70. The van der Waals surface area contributed by atoms with Gasteiger partial charge in [-0.15, -0.1) is 0 Å². The second-order valence-corrected chi connectivity index (χ2v) is 7.47. The fourth-order valence-corrected chi connectivity index (χ4v) is 4.08. The number of hydrogen-bond donors (Lipinski definition) is 1. The van der Waals surface area contributed by atoms with Crippen LogP contribution in [0.25, 0.3) is 10.9 Å². The Morgan fingerprint density at radius 1 is 1.00 bits per heavy atom. The Kier molecular flexibility index (Phi) is 5.89. The molecule has 9 heteroatoms. The number of rotatable bonds is 7. The van der Waals surface area contributed by atoms with E-state index in [2.05, 4.69) is 10.3 Å². The zero-order chi connectivity index (χ0) is 22.8. The summed E-state index contributed by atoms with van der Waals surface area (Å²) in [5, 5.41) is 3.37. The first kappa shape index (κ1) is 21.5. The van der Waals surface area contributed by atoms with Crippen LogP contribution in [0.5, 0.6) is 23.0 Å². The Hall–Kier alpha value is -3.75. The summed E-state index contributed by atoms with van der Waals surface area (Å²) in [5.74, 6) is 1.91. The summed E-state index contributed by atoms with van der Waals surface area (Å²) in [4.78, 5) is 30.0. The molecule has 0 bridgehead atoms. The Labute approximate surface area is 184 Å². The van der Waals surface area contributed by atoms with Gasteiger partial charge in [-0.05, 0) is 42.2 Å². The Balaban J connectivity index is 1.56. The molecule has 1 heterocycles. The Bertz CT molecular complexity index is 1240. The molecule has 0 aliphatic heterocycles. The van der Waals surface area contributed by atoms with Gasteiger partial charge in [-0.3, -0.25) is 14.2 Å². The number of aromatic nitrogens is 2. The first-order valence-electron chi connectivity index (χ1n) is 10.1. The molecule has 3 aromatic rings. The molecule has 9 nitrogen and oxygen atoms in total. The van der Waals surface area contributed by atoms with E-state index >= 15 is 0 Å². The lowest BCUT2D eigenvalue weighted by Gasteiger charge is -2.17. The first-order valence-corrected chi connectivity index (χ1v) is 10.1. The first-order chi connectivity index (χ1) is 15.5. The number of benzene rings is 2. The molecule has 1 aromatic heterocycles. The zero-order valence-electron chi connectivity index (χ0n) is 18.4. The van der Waals surface area contributed by atoms with Crippen LogP contribution in [0.15, 0.2) is 35.4 Å². The molecule has 0 fully saturated rings. The van der Waals surface area contributed by atoms with Crippen LogP contribution in [-0.2, 0) is 17.8 Å². The molecule has 0 unspecified atom stereocenters. The van der Waals surface area contributed by atoms with Crippen molar-refractivity contribution >= 4 is 16.8 Å². The summed E-state index contributed by atoms with van der Waals surface area (Å²) in [5.41, 5.74) is 2.25. The summed E-state index contributed by atoms with van der Waals surface area (Å²) in [6.45, 7) is -0.144. The van der Waals surface area contributed by atoms with Crippen molar-refractivity contribution in [2.45, 2.75) is 25.4 Å². The topological polar surface area (TPSA) is 101 Å². The third kappa shape index (κ3) is 3.81. The molecule has 32 heavy (non-hydrogen) atoms. The number of nitrogens with zero attached hydrogens (tertiary/aromatic N) is 2. The smallest absolute Gasteiger partial charge is 0.261 e. The van der Waals surface area contributed by atoms with E-state index in [0.29, 0.717) is 33.9 Å². The summed E-state index contributed by atoms with van der Waals surface area (Å²) in [7, 11) is 6.19. The molecule has 1 N–H and O–H groups in total. The van der Waals surface area contributed by atoms with Gasteiger partial charge in [-0.1, -0.05) is 0 Å². The number of ether oxygens (including phenoxy) is 4. The maximum absolute atomic E-state index is 12.9. The zero-order valence-corrected chi connectivity index (χ0v) is 18.4. The molecule has 168 valence electrons. The number of nitrogens with one attached hydrogen (secondary N) is 1. The number of fused-ring (bicyclic) bond motifs is 2. The van der Waals surface area contributed by atoms with E-state index in [0.717, 1.165) is 24.0 Å². The highest BCUT2D eigenvalue weighted by Gasteiger charge is 2.26. The molecule has 0 saturated heterocycles. The van der Waals surface area contributed by atoms with Crippen LogP contribution in [-0.4, -0.2) is 43.9 Å². The average molecular weight is 439 g/mol. The van der Waals surface area contributed by atoms with Crippen molar-refractivity contribution in [2.75, 3.05) is 28.4 Å². The van der Waals surface area contributed by atoms with Gasteiger partial charge in [-0.25, -0.2) is 4.98 Å². The van der Waals surface area contributed by atoms with Crippen LogP contribution in [0.1, 0.15) is 23.6 Å². The predicted octanol–water partition coefficient (Wildman–Crippen LogP) is 2.23. The molecule has 4 rings (SSSR count). The number of carbonyl (C=O) groups is 1. The number of methoxy groups -OCH3 is 4. The molecule has 1 aliphatic rings. The number of hydrogen-bond acceptors (Lipinski definition) is 7. The maximum Gasteiger partial charge on any atom is 0.261 e. The van der Waals surface area contributed by atoms with Gasteiger partial charge in [0.05, 0.1) is 51.7 Å². The van der Waals surface area contributed by atoms with Gasteiger partial charge >= 0.3 is 0 Å². The predicted molar refractivity (Wildman–Crippen MR) is 118 cm³/mol. The number of aryl methyl sites for hydroxylation is 1. The van der Waals surface area contributed by atoms with E-state index in [1.807, 2.05) is 12.1 Å². The highest BCUT2D eigenvalue weighted by molar-refractivity contribution is 5.82. The molecule has 0 saturated carbocycles. The lowest BCUT2D eigenvalue weighted by atomic mass is 10.1. The van der Waals surface area contributed by atoms with E-state index in [1.165, 1.54) is 25.1 Å². The van der Waals surface area contributed by atoms with Crippen molar-refractivity contribution in [3.05, 3.63) is 52.1 Å². The van der Waals surface area contributed by atoms with Crippen LogP contribution in [0.4, 0.5) is 0 Å². The van der Waals surface area contributed by atoms with Crippen molar-refractivity contribution < 1.29 is 23.7 Å². The maximum atomic E-state index is 12.9. The quantitative estimate of drug-likeness (QED) is 0.602. The van der Waals surface area contributed by atoms with Crippen LogP contribution in [0.3, 0.4) is 0 Å². The SMILES string of the molecule is COc1cc2c(cc1OC)[C@H](NC(=O)Cn1cnc3cc(OC)c(OC)cc3c1=O)CC2. The van der Waals surface area contributed by atoms with Crippen molar-refractivity contribution in [1.29, 1.82) is 0 Å². The minimum atomic E-state index is -0.329. The summed E-state index contributed by atoms with van der Waals surface area (Å²) in [6, 6.07) is 6.89. The largest absolute Gasteiger partial charge is 0.493 e. The van der Waals surface area contributed by atoms with Crippen molar-refractivity contribution in [1.82, 2.24) is 14.9 Å². The van der Waals surface area contributed by atoms with Crippen LogP contribution < -0.4 is 29.8 Å². The third-order valence-electron chi connectivity index (χ3n) is 5.70. The lowest BCUT2D eigenvalue weighted by molar-refractivity contribution is -0.122. The highest BCUT2D eigenvalue weighted by Crippen LogP contribution is 2.39. The fraction of sp³-hybridized carbons (Fsp3) is 0.348. The molecule has 0 spiro atoms. The van der Waals surface area contributed by atoms with Crippen molar-refractivity contribution in [3.8, 4) is 23.0 Å². The molecular weight excluding hydrogens is 414 g/mol. The van der Waals surface area contributed by atoms with Gasteiger partial charge in [-0.2, -0.15) is 0 Å². The van der Waals surface area contributed by atoms with E-state index < -0.39 is 0 Å². The molecule has 0 radical (unpaired) electrons. The van der Waals surface area contributed by atoms with Crippen molar-refractivity contribution in [2.24, 2.45) is 0 Å². The van der Waals surface area contributed by atoms with Crippen LogP contribution >= 0.6 is 0 Å².